The largest absolute Gasteiger partial charge is 0.480 e. The van der Waals surface area contributed by atoms with Gasteiger partial charge in [-0.2, -0.15) is 4.98 Å². The number of fused-ring (bicyclic) bond motifs is 1. The number of esters is 1. The van der Waals surface area contributed by atoms with Gasteiger partial charge in [-0.1, -0.05) is 12.1 Å². The normalized spacial score (nSPS) is 20.6. The molecule has 2 aromatic rings. The number of para-hydroxylation sites is 2. The van der Waals surface area contributed by atoms with E-state index < -0.39 is 29.5 Å². The Morgan fingerprint density at radius 2 is 2.20 bits per heavy atom. The lowest BCUT2D eigenvalue weighted by atomic mass is 10.0. The molecule has 25 heavy (non-hydrogen) atoms. The predicted octanol–water partition coefficient (Wildman–Crippen LogP) is 1.62. The summed E-state index contributed by atoms with van der Waals surface area (Å²) in [5.74, 6) is -1.81. The zero-order chi connectivity index (χ0) is 18.0. The minimum atomic E-state index is -0.952. The lowest BCUT2D eigenvalue weighted by Gasteiger charge is -2.26. The third-order valence-corrected chi connectivity index (χ3v) is 4.10. The molecule has 1 aliphatic rings. The minimum Gasteiger partial charge on any atom is -0.480 e. The van der Waals surface area contributed by atoms with Gasteiger partial charge in [0.1, 0.15) is 17.2 Å². The molecule has 1 aromatic heterocycles. The summed E-state index contributed by atoms with van der Waals surface area (Å²) in [4.78, 5) is 27.5. The van der Waals surface area contributed by atoms with E-state index in [9.17, 15) is 9.59 Å². The van der Waals surface area contributed by atoms with E-state index in [1.807, 2.05) is 24.3 Å². The molecule has 0 radical (unpaired) electrons. The van der Waals surface area contributed by atoms with E-state index in [2.05, 4.69) is 15.6 Å². The molecule has 1 aliphatic heterocycles. The summed E-state index contributed by atoms with van der Waals surface area (Å²) >= 11 is 0. The first-order valence-electron chi connectivity index (χ1n) is 8.12. The van der Waals surface area contributed by atoms with Crippen LogP contribution in [0.15, 0.2) is 28.7 Å². The van der Waals surface area contributed by atoms with Crippen LogP contribution >= 0.6 is 0 Å². The molecular weight excluding hydrogens is 326 g/mol. The van der Waals surface area contributed by atoms with Gasteiger partial charge in [0.15, 0.2) is 5.58 Å². The monoisotopic (exact) mass is 347 g/mol. The highest BCUT2D eigenvalue weighted by Crippen LogP contribution is 2.22. The molecule has 2 heterocycles. The van der Waals surface area contributed by atoms with Crippen LogP contribution in [0.5, 0.6) is 0 Å². The maximum atomic E-state index is 12.3. The molecule has 0 saturated carbocycles. The predicted molar refractivity (Wildman–Crippen MR) is 90.2 cm³/mol. The Bertz CT molecular complexity index is 752. The summed E-state index contributed by atoms with van der Waals surface area (Å²) in [5, 5.41) is 14.8. The van der Waals surface area contributed by atoms with E-state index in [-0.39, 0.29) is 6.42 Å². The van der Waals surface area contributed by atoms with Crippen molar-refractivity contribution in [3.05, 3.63) is 24.3 Å². The molecule has 8 heteroatoms. The zero-order valence-electron chi connectivity index (χ0n) is 14.1. The number of carboxylic acids is 1. The number of hydrogen-bond donors (Lipinski definition) is 3. The van der Waals surface area contributed by atoms with Gasteiger partial charge < -0.3 is 24.9 Å². The van der Waals surface area contributed by atoms with E-state index in [1.165, 1.54) is 0 Å². The van der Waals surface area contributed by atoms with Crippen molar-refractivity contribution in [3.8, 4) is 0 Å². The van der Waals surface area contributed by atoms with Gasteiger partial charge in [0.25, 0.3) is 6.01 Å². The Hall–Kier alpha value is -2.61. The van der Waals surface area contributed by atoms with Gasteiger partial charge in [-0.3, -0.25) is 9.59 Å². The molecule has 0 amide bonds. The second kappa shape index (κ2) is 6.72. The van der Waals surface area contributed by atoms with Gasteiger partial charge in [-0.25, -0.2) is 0 Å². The molecule has 3 rings (SSSR count). The number of aliphatic carboxylic acids is 1. The fraction of sp³-hybridized carbons (Fsp3) is 0.471. The standard InChI is InChI=1S/C17H21N3O5/c1-17(2,25-15(23)10-7-12(14(21)22)18-8-10)9-19-16-20-11-5-3-4-6-13(11)24-16/h3-6,10,12,18H,7-9H2,1-2H3,(H,19,20)(H,21,22)/t10-,12-/m0/s1. The molecule has 2 atom stereocenters. The summed E-state index contributed by atoms with van der Waals surface area (Å²) in [6.07, 6.45) is 0.239. The van der Waals surface area contributed by atoms with Crippen molar-refractivity contribution >= 4 is 29.1 Å². The summed E-state index contributed by atoms with van der Waals surface area (Å²) in [6.45, 7) is 4.17. The number of aromatic nitrogens is 1. The summed E-state index contributed by atoms with van der Waals surface area (Å²) in [7, 11) is 0. The van der Waals surface area contributed by atoms with Crippen molar-refractivity contribution in [1.29, 1.82) is 0 Å². The molecule has 1 saturated heterocycles. The average Bonchev–Trinajstić information content (AvgIpc) is 3.19. The molecule has 1 aromatic carbocycles. The number of anilines is 1. The highest BCUT2D eigenvalue weighted by molar-refractivity contribution is 5.79. The molecule has 0 bridgehead atoms. The van der Waals surface area contributed by atoms with Crippen LogP contribution in [0, 0.1) is 5.92 Å². The summed E-state index contributed by atoms with van der Waals surface area (Å²) in [5.41, 5.74) is 0.632. The van der Waals surface area contributed by atoms with Crippen molar-refractivity contribution in [1.82, 2.24) is 10.3 Å². The second-order valence-electron chi connectivity index (χ2n) is 6.75. The first kappa shape index (κ1) is 17.2. The van der Waals surface area contributed by atoms with Crippen LogP contribution in [0.3, 0.4) is 0 Å². The van der Waals surface area contributed by atoms with E-state index in [1.54, 1.807) is 13.8 Å². The van der Waals surface area contributed by atoms with Crippen molar-refractivity contribution in [3.63, 3.8) is 0 Å². The van der Waals surface area contributed by atoms with Crippen molar-refractivity contribution in [2.75, 3.05) is 18.4 Å². The average molecular weight is 347 g/mol. The SMILES string of the molecule is CC(C)(CNc1nc2ccccc2o1)OC(=O)[C@@H]1CN[C@H](C(=O)O)C1. The summed E-state index contributed by atoms with van der Waals surface area (Å²) in [6, 6.07) is 7.08. The third-order valence-electron chi connectivity index (χ3n) is 4.10. The molecule has 1 fully saturated rings. The molecule has 0 unspecified atom stereocenters. The number of ether oxygens (including phenoxy) is 1. The van der Waals surface area contributed by atoms with Crippen LogP contribution < -0.4 is 10.6 Å². The molecule has 8 nitrogen and oxygen atoms in total. The van der Waals surface area contributed by atoms with Gasteiger partial charge >= 0.3 is 11.9 Å². The molecular formula is C17H21N3O5. The minimum absolute atomic E-state index is 0.239. The smallest absolute Gasteiger partial charge is 0.320 e. The Morgan fingerprint density at radius 3 is 2.88 bits per heavy atom. The fourth-order valence-corrected chi connectivity index (χ4v) is 2.73. The third kappa shape index (κ3) is 4.08. The quantitative estimate of drug-likeness (QED) is 0.676. The van der Waals surface area contributed by atoms with E-state index >= 15 is 0 Å². The van der Waals surface area contributed by atoms with Crippen LogP contribution in [-0.4, -0.2) is 46.8 Å². The number of oxazole rings is 1. The zero-order valence-corrected chi connectivity index (χ0v) is 14.1. The van der Waals surface area contributed by atoms with Crippen LogP contribution in [0.4, 0.5) is 6.01 Å². The van der Waals surface area contributed by atoms with E-state index in [4.69, 9.17) is 14.3 Å². The summed E-state index contributed by atoms with van der Waals surface area (Å²) < 4.78 is 11.1. The number of carboxylic acid groups (broad SMARTS) is 1. The maximum Gasteiger partial charge on any atom is 0.320 e. The number of nitrogens with one attached hydrogen (secondary N) is 2. The Labute approximate surface area is 144 Å². The molecule has 0 spiro atoms. The fourth-order valence-electron chi connectivity index (χ4n) is 2.73. The first-order chi connectivity index (χ1) is 11.8. The van der Waals surface area contributed by atoms with Gasteiger partial charge in [-0.15, -0.1) is 0 Å². The van der Waals surface area contributed by atoms with Crippen molar-refractivity contribution in [2.24, 2.45) is 5.92 Å². The van der Waals surface area contributed by atoms with Crippen LogP contribution in [-0.2, 0) is 14.3 Å². The van der Waals surface area contributed by atoms with Crippen LogP contribution in [0.25, 0.3) is 11.1 Å². The number of carbonyl (C=O) groups is 2. The first-order valence-corrected chi connectivity index (χ1v) is 8.12. The van der Waals surface area contributed by atoms with Gasteiger partial charge in [0.2, 0.25) is 0 Å². The maximum absolute atomic E-state index is 12.3. The van der Waals surface area contributed by atoms with E-state index in [0.29, 0.717) is 24.7 Å². The number of benzene rings is 1. The van der Waals surface area contributed by atoms with Gasteiger partial charge in [0.05, 0.1) is 12.5 Å². The lowest BCUT2D eigenvalue weighted by molar-refractivity contribution is -0.159. The molecule has 0 aliphatic carbocycles. The number of rotatable bonds is 6. The van der Waals surface area contributed by atoms with Gasteiger partial charge in [-0.05, 0) is 32.4 Å². The molecule has 3 N–H and O–H groups in total. The Kier molecular flexibility index (Phi) is 4.63. The number of nitrogens with zero attached hydrogens (tertiary/aromatic N) is 1. The topological polar surface area (TPSA) is 114 Å². The number of hydrogen-bond acceptors (Lipinski definition) is 7. The van der Waals surface area contributed by atoms with Crippen molar-refractivity contribution in [2.45, 2.75) is 31.9 Å². The Morgan fingerprint density at radius 1 is 1.44 bits per heavy atom. The van der Waals surface area contributed by atoms with Crippen LogP contribution in [0.1, 0.15) is 20.3 Å². The Balaban J connectivity index is 1.54. The van der Waals surface area contributed by atoms with Crippen LogP contribution in [0.2, 0.25) is 0 Å². The lowest BCUT2D eigenvalue weighted by Crippen LogP contribution is -2.38. The second-order valence-corrected chi connectivity index (χ2v) is 6.75. The van der Waals surface area contributed by atoms with Gasteiger partial charge in [0, 0.05) is 6.54 Å². The highest BCUT2D eigenvalue weighted by atomic mass is 16.6. The molecule has 134 valence electrons. The highest BCUT2D eigenvalue weighted by Gasteiger charge is 2.36. The van der Waals surface area contributed by atoms with Crippen molar-refractivity contribution < 1.29 is 23.8 Å². The van der Waals surface area contributed by atoms with E-state index in [0.717, 1.165) is 5.52 Å². The number of carbonyl (C=O) groups excluding carboxylic acids is 1.